The first-order valence-corrected chi connectivity index (χ1v) is 9.20. The number of hydrogen-bond donors (Lipinski definition) is 2. The summed E-state index contributed by atoms with van der Waals surface area (Å²) < 4.78 is 37.4. The molecule has 2 heterocycles. The summed E-state index contributed by atoms with van der Waals surface area (Å²) in [6.07, 6.45) is 6.51. The van der Waals surface area contributed by atoms with Crippen LogP contribution < -0.4 is 9.44 Å². The molecule has 3 rings (SSSR count). The average molecular weight is 365 g/mol. The van der Waals surface area contributed by atoms with Crippen molar-refractivity contribution < 1.29 is 17.9 Å². The molecule has 0 saturated heterocycles. The standard InChI is InChI=1S/C15H15N3O4S2/c1-10-5-6-11(15(19)22-2)12(8-10)17-24(20,21)14-4-3-7-18-13(14)9-16-23-18/h3-9,16-17H,1-2H3. The maximum Gasteiger partial charge on any atom is 0.339 e. The number of nitrogens with zero attached hydrogens (tertiary/aromatic N) is 1. The number of benzene rings is 1. The molecule has 1 aromatic rings. The van der Waals surface area contributed by atoms with Crippen molar-refractivity contribution in [3.8, 4) is 0 Å². The molecule has 2 aliphatic rings. The van der Waals surface area contributed by atoms with Crippen LogP contribution in [0.1, 0.15) is 15.9 Å². The van der Waals surface area contributed by atoms with Crippen molar-refractivity contribution in [2.75, 3.05) is 11.8 Å². The van der Waals surface area contributed by atoms with Crippen LogP contribution in [0, 0.1) is 6.92 Å². The van der Waals surface area contributed by atoms with Gasteiger partial charge in [0.25, 0.3) is 10.0 Å². The maximum absolute atomic E-state index is 12.8. The molecule has 0 aliphatic carbocycles. The number of allylic oxidation sites excluding steroid dienone is 2. The summed E-state index contributed by atoms with van der Waals surface area (Å²) in [6.45, 7) is 1.81. The Hall–Kier alpha value is -2.39. The maximum atomic E-state index is 12.8. The first-order chi connectivity index (χ1) is 11.4. The van der Waals surface area contributed by atoms with Crippen molar-refractivity contribution in [2.45, 2.75) is 6.92 Å². The number of fused-ring (bicyclic) bond motifs is 1. The highest BCUT2D eigenvalue weighted by atomic mass is 32.2. The second kappa shape index (κ2) is 6.25. The molecule has 7 nitrogen and oxygen atoms in total. The summed E-state index contributed by atoms with van der Waals surface area (Å²) in [5, 5.41) is 0. The predicted octanol–water partition coefficient (Wildman–Crippen LogP) is 2.24. The predicted molar refractivity (Wildman–Crippen MR) is 92.9 cm³/mol. The highest BCUT2D eigenvalue weighted by molar-refractivity contribution is 7.97. The van der Waals surface area contributed by atoms with Gasteiger partial charge in [-0.25, -0.2) is 13.2 Å². The zero-order valence-corrected chi connectivity index (χ0v) is 14.6. The first kappa shape index (κ1) is 16.5. The third-order valence-corrected chi connectivity index (χ3v) is 5.57. The van der Waals surface area contributed by atoms with Crippen LogP contribution in [0.4, 0.5) is 5.69 Å². The van der Waals surface area contributed by atoms with Crippen LogP contribution in [0.5, 0.6) is 0 Å². The topological polar surface area (TPSA) is 87.7 Å². The monoisotopic (exact) mass is 365 g/mol. The fourth-order valence-corrected chi connectivity index (χ4v) is 4.27. The SMILES string of the molecule is COC(=O)c1ccc(C)cc1NS(=O)(=O)C1=CC=CN2SNC=C12. The molecule has 0 saturated carbocycles. The van der Waals surface area contributed by atoms with E-state index in [9.17, 15) is 13.2 Å². The molecule has 0 amide bonds. The van der Waals surface area contributed by atoms with Crippen LogP contribution >= 0.6 is 12.1 Å². The fraction of sp³-hybridized carbons (Fsp3) is 0.133. The molecule has 24 heavy (non-hydrogen) atoms. The lowest BCUT2D eigenvalue weighted by Crippen LogP contribution is -2.22. The Morgan fingerprint density at radius 2 is 2.17 bits per heavy atom. The average Bonchev–Trinajstić information content (AvgIpc) is 3.02. The van der Waals surface area contributed by atoms with E-state index >= 15 is 0 Å². The van der Waals surface area contributed by atoms with E-state index in [4.69, 9.17) is 4.74 Å². The third-order valence-electron chi connectivity index (χ3n) is 3.42. The number of aryl methyl sites for hydroxylation is 1. The van der Waals surface area contributed by atoms with Crippen LogP contribution in [0.15, 0.2) is 53.4 Å². The summed E-state index contributed by atoms with van der Waals surface area (Å²) in [4.78, 5) is 12.0. The second-order valence-electron chi connectivity index (χ2n) is 5.08. The van der Waals surface area contributed by atoms with Gasteiger partial charge < -0.3 is 9.46 Å². The molecule has 126 valence electrons. The van der Waals surface area contributed by atoms with Gasteiger partial charge in [-0.3, -0.25) is 9.03 Å². The van der Waals surface area contributed by atoms with E-state index in [0.717, 1.165) is 5.56 Å². The number of hydrogen-bond acceptors (Lipinski definition) is 7. The number of nitrogens with one attached hydrogen (secondary N) is 2. The number of sulfonamides is 1. The lowest BCUT2D eigenvalue weighted by Gasteiger charge is -2.21. The number of carbonyl (C=O) groups is 1. The Bertz CT molecular complexity index is 888. The number of methoxy groups -OCH3 is 1. The van der Waals surface area contributed by atoms with Crippen LogP contribution in [0.3, 0.4) is 0 Å². The van der Waals surface area contributed by atoms with Crippen molar-refractivity contribution in [3.05, 3.63) is 64.5 Å². The number of anilines is 1. The summed E-state index contributed by atoms with van der Waals surface area (Å²) in [7, 11) is -2.63. The lowest BCUT2D eigenvalue weighted by molar-refractivity contribution is 0.0602. The van der Waals surface area contributed by atoms with Crippen molar-refractivity contribution in [1.82, 2.24) is 9.03 Å². The van der Waals surface area contributed by atoms with E-state index in [0.29, 0.717) is 5.70 Å². The summed E-state index contributed by atoms with van der Waals surface area (Å²) in [6, 6.07) is 4.85. The van der Waals surface area contributed by atoms with E-state index < -0.39 is 16.0 Å². The van der Waals surface area contributed by atoms with Gasteiger partial charge in [-0.05, 0) is 36.8 Å². The van der Waals surface area contributed by atoms with E-state index in [-0.39, 0.29) is 16.2 Å². The molecule has 0 spiro atoms. The van der Waals surface area contributed by atoms with Gasteiger partial charge in [-0.1, -0.05) is 6.07 Å². The zero-order chi connectivity index (χ0) is 17.3. The molecule has 0 bridgehead atoms. The van der Waals surface area contributed by atoms with Crippen LogP contribution in [-0.2, 0) is 14.8 Å². The minimum absolute atomic E-state index is 0.111. The van der Waals surface area contributed by atoms with Crippen LogP contribution in [0.25, 0.3) is 0 Å². The van der Waals surface area contributed by atoms with Crippen LogP contribution in [-0.4, -0.2) is 25.8 Å². The smallest absolute Gasteiger partial charge is 0.339 e. The van der Waals surface area contributed by atoms with Gasteiger partial charge >= 0.3 is 5.97 Å². The zero-order valence-electron chi connectivity index (χ0n) is 12.9. The van der Waals surface area contributed by atoms with Gasteiger partial charge in [-0.2, -0.15) is 0 Å². The van der Waals surface area contributed by atoms with E-state index in [1.165, 1.54) is 31.4 Å². The van der Waals surface area contributed by atoms with Gasteiger partial charge in [0.2, 0.25) is 0 Å². The number of ether oxygens (including phenoxy) is 1. The molecule has 0 atom stereocenters. The second-order valence-corrected chi connectivity index (χ2v) is 7.55. The van der Waals surface area contributed by atoms with Crippen molar-refractivity contribution in [1.29, 1.82) is 0 Å². The Kier molecular flexibility index (Phi) is 4.29. The molecule has 0 radical (unpaired) electrons. The first-order valence-electron chi connectivity index (χ1n) is 6.95. The molecule has 0 aromatic heterocycles. The quantitative estimate of drug-likeness (QED) is 0.625. The molecular formula is C15H15N3O4S2. The molecular weight excluding hydrogens is 350 g/mol. The van der Waals surface area contributed by atoms with Gasteiger partial charge in [0.05, 0.1) is 36.2 Å². The molecule has 1 aromatic carbocycles. The minimum atomic E-state index is -3.88. The third kappa shape index (κ3) is 3.00. The number of esters is 1. The summed E-state index contributed by atoms with van der Waals surface area (Å²) in [5.74, 6) is -0.607. The van der Waals surface area contributed by atoms with Gasteiger partial charge in [0.1, 0.15) is 4.91 Å². The van der Waals surface area contributed by atoms with Crippen molar-refractivity contribution in [3.63, 3.8) is 0 Å². The normalized spacial score (nSPS) is 16.0. The highest BCUT2D eigenvalue weighted by Crippen LogP contribution is 2.34. The molecule has 0 fully saturated rings. The Labute approximate surface area is 144 Å². The number of carbonyl (C=O) groups excluding carboxylic acids is 1. The number of rotatable bonds is 4. The van der Waals surface area contributed by atoms with Crippen LogP contribution in [0.2, 0.25) is 0 Å². The van der Waals surface area contributed by atoms with Gasteiger partial charge in [0, 0.05) is 12.4 Å². The fourth-order valence-electron chi connectivity index (χ4n) is 2.29. The summed E-state index contributed by atoms with van der Waals surface area (Å²) in [5.41, 5.74) is 1.67. The Morgan fingerprint density at radius 3 is 2.92 bits per heavy atom. The molecule has 2 N–H and O–H groups in total. The molecule has 0 unspecified atom stereocenters. The minimum Gasteiger partial charge on any atom is -0.465 e. The largest absolute Gasteiger partial charge is 0.465 e. The van der Waals surface area contributed by atoms with Gasteiger partial charge in [0.15, 0.2) is 0 Å². The van der Waals surface area contributed by atoms with E-state index in [1.54, 1.807) is 34.9 Å². The van der Waals surface area contributed by atoms with Crippen molar-refractivity contribution in [2.24, 2.45) is 0 Å². The Morgan fingerprint density at radius 1 is 1.38 bits per heavy atom. The van der Waals surface area contributed by atoms with Gasteiger partial charge in [-0.15, -0.1) is 0 Å². The Balaban J connectivity index is 1.99. The highest BCUT2D eigenvalue weighted by Gasteiger charge is 2.30. The lowest BCUT2D eigenvalue weighted by atomic mass is 10.1. The molecule has 2 aliphatic heterocycles. The van der Waals surface area contributed by atoms with E-state index in [1.807, 2.05) is 6.92 Å². The molecule has 9 heteroatoms. The summed E-state index contributed by atoms with van der Waals surface area (Å²) >= 11 is 1.26. The van der Waals surface area contributed by atoms with E-state index in [2.05, 4.69) is 9.44 Å². The van der Waals surface area contributed by atoms with Crippen molar-refractivity contribution >= 4 is 33.8 Å².